The lowest BCUT2D eigenvalue weighted by Gasteiger charge is -2.08. The monoisotopic (exact) mass is 326 g/mol. The van der Waals surface area contributed by atoms with Gasteiger partial charge in [-0.3, -0.25) is 9.59 Å². The molecule has 1 aromatic carbocycles. The van der Waals surface area contributed by atoms with Crippen molar-refractivity contribution in [2.75, 3.05) is 5.32 Å². The molecule has 0 aliphatic rings. The van der Waals surface area contributed by atoms with E-state index in [9.17, 15) is 9.59 Å². The fraction of sp³-hybridized carbons (Fsp3) is 0. The highest BCUT2D eigenvalue weighted by atomic mass is 35.5. The minimum atomic E-state index is -0.629. The van der Waals surface area contributed by atoms with Crippen LogP contribution in [0.4, 0.5) is 5.82 Å². The van der Waals surface area contributed by atoms with Crippen LogP contribution in [-0.2, 0) is 4.79 Å². The number of pyridine rings is 1. The maximum atomic E-state index is 12.3. The Labute approximate surface area is 137 Å². The second-order valence-electron chi connectivity index (χ2n) is 4.43. The number of hydrogen-bond acceptors (Lipinski definition) is 5. The SMILES string of the molecule is N#Cc1ccc(C(=CN)C(=O)Nc2ccc(C(=O)Cl)cn2)cc1. The Hall–Kier alpha value is -3.17. The van der Waals surface area contributed by atoms with Crippen LogP contribution < -0.4 is 11.1 Å². The van der Waals surface area contributed by atoms with E-state index < -0.39 is 11.1 Å². The van der Waals surface area contributed by atoms with Gasteiger partial charge in [-0.25, -0.2) is 4.98 Å². The molecular formula is C16H11ClN4O2. The van der Waals surface area contributed by atoms with E-state index in [2.05, 4.69) is 10.3 Å². The van der Waals surface area contributed by atoms with Gasteiger partial charge in [0.05, 0.1) is 22.8 Å². The molecule has 1 amide bonds. The largest absolute Gasteiger partial charge is 0.404 e. The van der Waals surface area contributed by atoms with Crippen molar-refractivity contribution < 1.29 is 9.59 Å². The summed E-state index contributed by atoms with van der Waals surface area (Å²) in [5, 5.41) is 10.7. The molecule has 2 rings (SSSR count). The third-order valence-corrected chi connectivity index (χ3v) is 3.19. The number of nitrogens with one attached hydrogen (secondary N) is 1. The van der Waals surface area contributed by atoms with Crippen molar-refractivity contribution in [1.29, 1.82) is 5.26 Å². The summed E-state index contributed by atoms with van der Waals surface area (Å²) in [6.07, 6.45) is 2.44. The van der Waals surface area contributed by atoms with Gasteiger partial charge in [0, 0.05) is 12.4 Å². The minimum Gasteiger partial charge on any atom is -0.404 e. The Morgan fingerprint density at radius 2 is 1.83 bits per heavy atom. The van der Waals surface area contributed by atoms with Crippen LogP contribution >= 0.6 is 11.6 Å². The zero-order chi connectivity index (χ0) is 16.8. The molecule has 0 radical (unpaired) electrons. The summed E-state index contributed by atoms with van der Waals surface area (Å²) in [5.41, 5.74) is 7.03. The fourth-order valence-corrected chi connectivity index (χ4v) is 1.91. The van der Waals surface area contributed by atoms with Crippen molar-refractivity contribution in [3.8, 4) is 6.07 Å². The Bertz CT molecular complexity index is 805. The molecule has 7 heteroatoms. The molecule has 6 nitrogen and oxygen atoms in total. The highest BCUT2D eigenvalue weighted by molar-refractivity contribution is 6.67. The van der Waals surface area contributed by atoms with Crippen LogP contribution in [0.5, 0.6) is 0 Å². The zero-order valence-corrected chi connectivity index (χ0v) is 12.5. The summed E-state index contributed by atoms with van der Waals surface area (Å²) < 4.78 is 0. The second-order valence-corrected chi connectivity index (χ2v) is 4.77. The van der Waals surface area contributed by atoms with Crippen molar-refractivity contribution in [3.63, 3.8) is 0 Å². The van der Waals surface area contributed by atoms with Gasteiger partial charge in [0.15, 0.2) is 0 Å². The molecule has 0 bridgehead atoms. The number of aromatic nitrogens is 1. The lowest BCUT2D eigenvalue weighted by molar-refractivity contribution is -0.111. The average Bonchev–Trinajstić information content (AvgIpc) is 2.56. The summed E-state index contributed by atoms with van der Waals surface area (Å²) in [7, 11) is 0. The van der Waals surface area contributed by atoms with E-state index in [4.69, 9.17) is 22.6 Å². The van der Waals surface area contributed by atoms with Gasteiger partial charge in [0.1, 0.15) is 5.82 Å². The third kappa shape index (κ3) is 3.93. The molecule has 1 aromatic heterocycles. The molecule has 0 spiro atoms. The first-order valence-corrected chi connectivity index (χ1v) is 6.82. The number of anilines is 1. The quantitative estimate of drug-likeness (QED) is 0.661. The van der Waals surface area contributed by atoms with Crippen molar-refractivity contribution >= 4 is 34.1 Å². The van der Waals surface area contributed by atoms with Gasteiger partial charge in [0.2, 0.25) is 0 Å². The normalized spacial score (nSPS) is 10.7. The molecule has 23 heavy (non-hydrogen) atoms. The molecule has 0 aliphatic heterocycles. The highest BCUT2D eigenvalue weighted by Crippen LogP contribution is 2.17. The average molecular weight is 327 g/mol. The maximum Gasteiger partial charge on any atom is 0.258 e. The molecule has 3 N–H and O–H groups in total. The number of halogens is 1. The Morgan fingerprint density at radius 1 is 1.17 bits per heavy atom. The highest BCUT2D eigenvalue weighted by Gasteiger charge is 2.13. The Morgan fingerprint density at radius 3 is 2.30 bits per heavy atom. The predicted octanol–water partition coefficient (Wildman–Crippen LogP) is 2.27. The van der Waals surface area contributed by atoms with Crippen molar-refractivity contribution in [2.45, 2.75) is 0 Å². The van der Waals surface area contributed by atoms with E-state index in [1.165, 1.54) is 24.5 Å². The standard InChI is InChI=1S/C16H11ClN4O2/c17-15(22)12-5-6-14(20-9-12)21-16(23)13(8-19)11-3-1-10(7-18)2-4-11/h1-6,8-9H,19H2,(H,20,21,23). The van der Waals surface area contributed by atoms with Crippen LogP contribution in [0.15, 0.2) is 48.8 Å². The number of hydrogen-bond donors (Lipinski definition) is 2. The van der Waals surface area contributed by atoms with E-state index in [1.807, 2.05) is 6.07 Å². The summed E-state index contributed by atoms with van der Waals surface area (Å²) in [6, 6.07) is 11.3. The van der Waals surface area contributed by atoms with E-state index in [1.54, 1.807) is 24.3 Å². The number of rotatable bonds is 4. The van der Waals surface area contributed by atoms with Gasteiger partial charge in [-0.2, -0.15) is 5.26 Å². The molecule has 0 aliphatic carbocycles. The zero-order valence-electron chi connectivity index (χ0n) is 11.8. The number of nitriles is 1. The molecule has 114 valence electrons. The van der Waals surface area contributed by atoms with Crippen LogP contribution in [0.25, 0.3) is 5.57 Å². The van der Waals surface area contributed by atoms with E-state index in [0.717, 1.165) is 0 Å². The number of nitrogens with two attached hydrogens (primary N) is 1. The van der Waals surface area contributed by atoms with Crippen molar-refractivity contribution in [3.05, 3.63) is 65.5 Å². The third-order valence-electron chi connectivity index (χ3n) is 2.97. The second kappa shape index (κ2) is 7.20. The van der Waals surface area contributed by atoms with Gasteiger partial charge >= 0.3 is 0 Å². The smallest absolute Gasteiger partial charge is 0.258 e. The first-order chi connectivity index (χ1) is 11.0. The van der Waals surface area contributed by atoms with Crippen molar-refractivity contribution in [2.24, 2.45) is 5.73 Å². The first kappa shape index (κ1) is 16.2. The number of benzene rings is 1. The lowest BCUT2D eigenvalue weighted by Crippen LogP contribution is -2.15. The van der Waals surface area contributed by atoms with Gasteiger partial charge in [-0.1, -0.05) is 12.1 Å². The van der Waals surface area contributed by atoms with Gasteiger partial charge < -0.3 is 11.1 Å². The van der Waals surface area contributed by atoms with Crippen LogP contribution in [-0.4, -0.2) is 16.1 Å². The van der Waals surface area contributed by atoms with Crippen molar-refractivity contribution in [1.82, 2.24) is 4.98 Å². The first-order valence-electron chi connectivity index (χ1n) is 6.45. The molecule has 0 atom stereocenters. The van der Waals surface area contributed by atoms with E-state index in [0.29, 0.717) is 11.1 Å². The van der Waals surface area contributed by atoms with Gasteiger partial charge in [-0.05, 0) is 41.4 Å². The number of amides is 1. The lowest BCUT2D eigenvalue weighted by atomic mass is 10.0. The topological polar surface area (TPSA) is 109 Å². The summed E-state index contributed by atoms with van der Waals surface area (Å²) in [4.78, 5) is 27.1. The molecule has 0 saturated carbocycles. The van der Waals surface area contributed by atoms with Crippen LogP contribution in [0, 0.1) is 11.3 Å². The Balaban J connectivity index is 2.17. The number of carbonyl (C=O) groups excluding carboxylic acids is 2. The summed E-state index contributed by atoms with van der Waals surface area (Å²) >= 11 is 5.32. The minimum absolute atomic E-state index is 0.228. The van der Waals surface area contributed by atoms with E-state index >= 15 is 0 Å². The molecular weight excluding hydrogens is 316 g/mol. The number of nitrogens with zero attached hydrogens (tertiary/aromatic N) is 2. The predicted molar refractivity (Wildman–Crippen MR) is 86.4 cm³/mol. The van der Waals surface area contributed by atoms with Crippen LogP contribution in [0.2, 0.25) is 0 Å². The molecule has 0 fully saturated rings. The fourth-order valence-electron chi connectivity index (χ4n) is 1.80. The summed E-state index contributed by atoms with van der Waals surface area (Å²) in [6.45, 7) is 0. The molecule has 0 saturated heterocycles. The van der Waals surface area contributed by atoms with E-state index in [-0.39, 0.29) is 17.0 Å². The van der Waals surface area contributed by atoms with Crippen LogP contribution in [0.1, 0.15) is 21.5 Å². The van der Waals surface area contributed by atoms with Gasteiger partial charge in [-0.15, -0.1) is 0 Å². The maximum absolute atomic E-state index is 12.3. The summed E-state index contributed by atoms with van der Waals surface area (Å²) in [5.74, 6) is -0.209. The van der Waals surface area contributed by atoms with Crippen LogP contribution in [0.3, 0.4) is 0 Å². The van der Waals surface area contributed by atoms with Gasteiger partial charge in [0.25, 0.3) is 11.1 Å². The molecule has 0 unspecified atom stereocenters. The molecule has 2 aromatic rings. The number of carbonyl (C=O) groups is 2. The Kier molecular flexibility index (Phi) is 5.07. The molecule has 1 heterocycles.